The number of hydrogen-bond donors (Lipinski definition) is 1. The topological polar surface area (TPSA) is 93.9 Å². The van der Waals surface area contributed by atoms with Gasteiger partial charge >= 0.3 is 0 Å². The zero-order valence-corrected chi connectivity index (χ0v) is 18.9. The highest BCUT2D eigenvalue weighted by Gasteiger charge is 2.14. The Morgan fingerprint density at radius 2 is 1.94 bits per heavy atom. The zero-order chi connectivity index (χ0) is 22.1. The fourth-order valence-electron chi connectivity index (χ4n) is 3.27. The van der Waals surface area contributed by atoms with Crippen molar-refractivity contribution in [2.75, 3.05) is 7.11 Å². The Labute approximate surface area is 191 Å². The molecule has 0 saturated heterocycles. The van der Waals surface area contributed by atoms with Gasteiger partial charge in [0, 0.05) is 10.4 Å². The predicted molar refractivity (Wildman–Crippen MR) is 126 cm³/mol. The van der Waals surface area contributed by atoms with Crippen molar-refractivity contribution in [2.24, 2.45) is 0 Å². The monoisotopic (exact) mass is 462 g/mol. The molecule has 0 spiro atoms. The summed E-state index contributed by atoms with van der Waals surface area (Å²) in [5, 5.41) is 8.68. The van der Waals surface area contributed by atoms with Crippen LogP contribution in [-0.2, 0) is 5.75 Å². The normalized spacial score (nSPS) is 11.2. The van der Waals surface area contributed by atoms with Crippen LogP contribution in [0.25, 0.3) is 32.1 Å². The summed E-state index contributed by atoms with van der Waals surface area (Å²) in [6.07, 6.45) is 0. The van der Waals surface area contributed by atoms with E-state index in [4.69, 9.17) is 9.15 Å². The highest BCUT2D eigenvalue weighted by atomic mass is 32.2. The molecular weight excluding hydrogens is 444 g/mol. The molecule has 32 heavy (non-hydrogen) atoms. The number of benzene rings is 2. The average Bonchev–Trinajstić information content (AvgIpc) is 3.46. The maximum absolute atomic E-state index is 12.6. The van der Waals surface area contributed by atoms with Crippen LogP contribution in [0.15, 0.2) is 69.0 Å². The van der Waals surface area contributed by atoms with E-state index in [1.54, 1.807) is 7.11 Å². The van der Waals surface area contributed by atoms with Crippen LogP contribution in [0, 0.1) is 6.92 Å². The molecule has 0 fully saturated rings. The van der Waals surface area contributed by atoms with Gasteiger partial charge in [0.15, 0.2) is 0 Å². The van der Waals surface area contributed by atoms with Crippen molar-refractivity contribution in [2.45, 2.75) is 17.9 Å². The Morgan fingerprint density at radius 3 is 2.72 bits per heavy atom. The van der Waals surface area contributed by atoms with Gasteiger partial charge in [-0.15, -0.1) is 21.5 Å². The number of H-pyrrole nitrogens is 1. The minimum Gasteiger partial charge on any atom is -0.497 e. The molecule has 5 rings (SSSR count). The first kappa shape index (κ1) is 20.5. The molecule has 7 nitrogen and oxygen atoms in total. The van der Waals surface area contributed by atoms with Crippen molar-refractivity contribution in [3.63, 3.8) is 0 Å². The number of ether oxygens (including phenoxy) is 1. The first-order valence-corrected chi connectivity index (χ1v) is 11.6. The van der Waals surface area contributed by atoms with Gasteiger partial charge in [-0.3, -0.25) is 4.79 Å². The van der Waals surface area contributed by atoms with E-state index >= 15 is 0 Å². The van der Waals surface area contributed by atoms with Crippen molar-refractivity contribution in [1.82, 2.24) is 20.2 Å². The molecule has 3 heterocycles. The van der Waals surface area contributed by atoms with Gasteiger partial charge in [0.25, 0.3) is 10.8 Å². The summed E-state index contributed by atoms with van der Waals surface area (Å²) in [6.45, 7) is 2.00. The molecule has 0 radical (unpaired) electrons. The SMILES string of the molecule is COc1ccc(-c2cc3nc(CSc4nnc(-c5ccccc5C)o4)[nH]c(=O)c3s2)cc1. The third-order valence-corrected chi connectivity index (χ3v) is 6.92. The zero-order valence-electron chi connectivity index (χ0n) is 17.3. The second kappa shape index (κ2) is 8.60. The lowest BCUT2D eigenvalue weighted by molar-refractivity contribution is 0.415. The van der Waals surface area contributed by atoms with E-state index in [1.807, 2.05) is 61.5 Å². The third kappa shape index (κ3) is 4.04. The number of aromatic nitrogens is 4. The Balaban J connectivity index is 1.36. The van der Waals surface area contributed by atoms with Crippen molar-refractivity contribution in [3.8, 4) is 27.6 Å². The Bertz CT molecular complexity index is 1450. The summed E-state index contributed by atoms with van der Waals surface area (Å²) >= 11 is 2.76. The van der Waals surface area contributed by atoms with Gasteiger partial charge in [-0.1, -0.05) is 30.0 Å². The second-order valence-electron chi connectivity index (χ2n) is 7.04. The van der Waals surface area contributed by atoms with Gasteiger partial charge < -0.3 is 14.1 Å². The number of nitrogens with one attached hydrogen (secondary N) is 1. The molecule has 0 bridgehead atoms. The maximum atomic E-state index is 12.6. The average molecular weight is 463 g/mol. The fraction of sp³-hybridized carbons (Fsp3) is 0.130. The number of fused-ring (bicyclic) bond motifs is 1. The minimum absolute atomic E-state index is 0.151. The van der Waals surface area contributed by atoms with E-state index in [1.165, 1.54) is 23.1 Å². The van der Waals surface area contributed by atoms with E-state index < -0.39 is 0 Å². The van der Waals surface area contributed by atoms with Gasteiger partial charge in [0.1, 0.15) is 16.3 Å². The number of nitrogens with zero attached hydrogens (tertiary/aromatic N) is 3. The van der Waals surface area contributed by atoms with Gasteiger partial charge in [-0.05, 0) is 54.4 Å². The minimum atomic E-state index is -0.151. The molecule has 160 valence electrons. The lowest BCUT2D eigenvalue weighted by Gasteiger charge is -2.00. The van der Waals surface area contributed by atoms with E-state index in [0.29, 0.717) is 32.9 Å². The van der Waals surface area contributed by atoms with E-state index in [2.05, 4.69) is 20.2 Å². The van der Waals surface area contributed by atoms with Crippen LogP contribution >= 0.6 is 23.1 Å². The molecular formula is C23H18N4O3S2. The smallest absolute Gasteiger partial charge is 0.277 e. The van der Waals surface area contributed by atoms with Crippen LogP contribution in [0.1, 0.15) is 11.4 Å². The summed E-state index contributed by atoms with van der Waals surface area (Å²) in [5.41, 5.74) is 3.50. The number of rotatable bonds is 6. The standard InChI is InChI=1S/C23H18N4O3S2/c1-13-5-3-4-6-16(13)22-26-27-23(30-22)31-12-19-24-17-11-18(32-20(17)21(28)25-19)14-7-9-15(29-2)10-8-14/h3-11H,12H2,1-2H3,(H,24,25,28). The van der Waals surface area contributed by atoms with Crippen LogP contribution in [0.3, 0.4) is 0 Å². The summed E-state index contributed by atoms with van der Waals surface area (Å²) in [4.78, 5) is 21.1. The number of aromatic amines is 1. The molecule has 5 aromatic rings. The molecule has 0 atom stereocenters. The lowest BCUT2D eigenvalue weighted by Crippen LogP contribution is -2.09. The van der Waals surface area contributed by atoms with Crippen LogP contribution < -0.4 is 10.3 Å². The second-order valence-corrected chi connectivity index (χ2v) is 9.02. The molecule has 2 aromatic carbocycles. The molecule has 1 N–H and O–H groups in total. The summed E-state index contributed by atoms with van der Waals surface area (Å²) < 4.78 is 11.6. The van der Waals surface area contributed by atoms with Crippen molar-refractivity contribution in [3.05, 3.63) is 76.3 Å². The summed E-state index contributed by atoms with van der Waals surface area (Å²) in [6, 6.07) is 17.5. The maximum Gasteiger partial charge on any atom is 0.277 e. The van der Waals surface area contributed by atoms with Crippen LogP contribution in [0.4, 0.5) is 0 Å². The van der Waals surface area contributed by atoms with Crippen molar-refractivity contribution >= 4 is 33.3 Å². The van der Waals surface area contributed by atoms with Gasteiger partial charge in [-0.25, -0.2) is 4.98 Å². The largest absolute Gasteiger partial charge is 0.497 e. The van der Waals surface area contributed by atoms with Gasteiger partial charge in [0.05, 0.1) is 18.4 Å². The Hall–Kier alpha value is -3.43. The molecule has 0 amide bonds. The van der Waals surface area contributed by atoms with Crippen LogP contribution in [0.2, 0.25) is 0 Å². The van der Waals surface area contributed by atoms with Crippen LogP contribution in [0.5, 0.6) is 5.75 Å². The quantitative estimate of drug-likeness (QED) is 0.342. The fourth-order valence-corrected chi connectivity index (χ4v) is 4.90. The molecule has 3 aromatic heterocycles. The molecule has 0 aliphatic carbocycles. The van der Waals surface area contributed by atoms with Gasteiger partial charge in [0.2, 0.25) is 5.89 Å². The lowest BCUT2D eigenvalue weighted by atomic mass is 10.1. The number of methoxy groups -OCH3 is 1. The predicted octanol–water partition coefficient (Wildman–Crippen LogP) is 5.31. The molecule has 0 aliphatic heterocycles. The Morgan fingerprint density at radius 1 is 1.12 bits per heavy atom. The summed E-state index contributed by atoms with van der Waals surface area (Å²) in [5.74, 6) is 2.23. The third-order valence-electron chi connectivity index (χ3n) is 4.92. The molecule has 9 heteroatoms. The number of thioether (sulfide) groups is 1. The van der Waals surface area contributed by atoms with Crippen LogP contribution in [-0.4, -0.2) is 27.3 Å². The van der Waals surface area contributed by atoms with Crippen molar-refractivity contribution < 1.29 is 9.15 Å². The molecule has 0 aliphatic rings. The van der Waals surface area contributed by atoms with E-state index in [0.717, 1.165) is 27.3 Å². The first-order chi connectivity index (χ1) is 15.6. The summed E-state index contributed by atoms with van der Waals surface area (Å²) in [7, 11) is 1.63. The highest BCUT2D eigenvalue weighted by molar-refractivity contribution is 7.98. The first-order valence-electron chi connectivity index (χ1n) is 9.80. The van der Waals surface area contributed by atoms with Crippen molar-refractivity contribution in [1.29, 1.82) is 0 Å². The van der Waals surface area contributed by atoms with E-state index in [-0.39, 0.29) is 5.56 Å². The number of thiophene rings is 1. The van der Waals surface area contributed by atoms with E-state index in [9.17, 15) is 4.79 Å². The molecule has 0 saturated carbocycles. The highest BCUT2D eigenvalue weighted by Crippen LogP contribution is 2.32. The van der Waals surface area contributed by atoms with Gasteiger partial charge in [-0.2, -0.15) is 0 Å². The molecule has 0 unspecified atom stereocenters. The number of aryl methyl sites for hydroxylation is 1. The number of hydrogen-bond acceptors (Lipinski definition) is 8. The Kier molecular flexibility index (Phi) is 5.50.